The van der Waals surface area contributed by atoms with Gasteiger partial charge >= 0.3 is 0 Å². The Bertz CT molecular complexity index is 1530. The molecule has 1 heterocycles. The number of amides is 2. The third-order valence-electron chi connectivity index (χ3n) is 6.59. The van der Waals surface area contributed by atoms with Crippen molar-refractivity contribution in [3.63, 3.8) is 0 Å². The lowest BCUT2D eigenvalue weighted by Crippen LogP contribution is -2.51. The summed E-state index contributed by atoms with van der Waals surface area (Å²) < 4.78 is 54.7. The quantitative estimate of drug-likeness (QED) is 0.318. The Labute approximate surface area is 253 Å². The van der Waals surface area contributed by atoms with Crippen LogP contribution < -0.4 is 19.1 Å². The van der Waals surface area contributed by atoms with Gasteiger partial charge in [-0.15, -0.1) is 0 Å². The topological polar surface area (TPSA) is 105 Å². The van der Waals surface area contributed by atoms with E-state index in [4.69, 9.17) is 9.47 Å². The van der Waals surface area contributed by atoms with E-state index in [1.165, 1.54) is 35.2 Å². The molecule has 3 aromatic carbocycles. The molecule has 0 radical (unpaired) electrons. The second-order valence-electron chi connectivity index (χ2n) is 10.3. The number of nitrogens with one attached hydrogen (secondary N) is 1. The average Bonchev–Trinajstić information content (AvgIpc) is 2.97. The lowest BCUT2D eigenvalue weighted by molar-refractivity contribution is -0.139. The molecular formula is C30H33BrFN3O6S. The molecule has 1 aliphatic rings. The highest BCUT2D eigenvalue weighted by molar-refractivity contribution is 9.10. The minimum atomic E-state index is -4.36. The van der Waals surface area contributed by atoms with Gasteiger partial charge in [0.1, 0.15) is 31.6 Å². The Morgan fingerprint density at radius 2 is 1.67 bits per heavy atom. The van der Waals surface area contributed by atoms with Gasteiger partial charge in [0.05, 0.1) is 10.6 Å². The molecule has 0 bridgehead atoms. The molecule has 2 amide bonds. The van der Waals surface area contributed by atoms with Crippen molar-refractivity contribution in [1.82, 2.24) is 10.2 Å². The predicted octanol–water partition coefficient (Wildman–Crippen LogP) is 4.74. The summed E-state index contributed by atoms with van der Waals surface area (Å²) in [5.41, 5.74) is 0.822. The molecule has 42 heavy (non-hydrogen) atoms. The number of benzene rings is 3. The highest BCUT2D eigenvalue weighted by Gasteiger charge is 2.33. The zero-order valence-corrected chi connectivity index (χ0v) is 26.0. The molecule has 0 saturated heterocycles. The van der Waals surface area contributed by atoms with Gasteiger partial charge < -0.3 is 19.7 Å². The molecule has 0 spiro atoms. The fourth-order valence-electron chi connectivity index (χ4n) is 4.31. The summed E-state index contributed by atoms with van der Waals surface area (Å²) in [6.45, 7) is 5.95. The molecule has 1 aliphatic heterocycles. The molecule has 1 N–H and O–H groups in total. The molecule has 224 valence electrons. The first-order valence-corrected chi connectivity index (χ1v) is 15.7. The number of ether oxygens (including phenoxy) is 2. The van der Waals surface area contributed by atoms with Crippen molar-refractivity contribution in [2.24, 2.45) is 5.92 Å². The third kappa shape index (κ3) is 7.60. The van der Waals surface area contributed by atoms with Crippen LogP contribution in [0.2, 0.25) is 0 Å². The number of fused-ring (bicyclic) bond motifs is 1. The van der Waals surface area contributed by atoms with Crippen LogP contribution in [0.25, 0.3) is 0 Å². The zero-order valence-electron chi connectivity index (χ0n) is 23.5. The van der Waals surface area contributed by atoms with Crippen molar-refractivity contribution in [2.75, 3.05) is 30.6 Å². The van der Waals surface area contributed by atoms with Crippen LogP contribution in [0.3, 0.4) is 0 Å². The van der Waals surface area contributed by atoms with Crippen LogP contribution in [-0.2, 0) is 26.2 Å². The van der Waals surface area contributed by atoms with Crippen LogP contribution in [0.4, 0.5) is 10.1 Å². The number of anilines is 1. The van der Waals surface area contributed by atoms with Gasteiger partial charge in [0.25, 0.3) is 10.0 Å². The minimum Gasteiger partial charge on any atom is -0.486 e. The smallest absolute Gasteiger partial charge is 0.264 e. The fourth-order valence-corrected chi connectivity index (χ4v) is 6.19. The Balaban J connectivity index is 1.71. The summed E-state index contributed by atoms with van der Waals surface area (Å²) in [6, 6.07) is 15.4. The predicted molar refractivity (Wildman–Crippen MR) is 160 cm³/mol. The zero-order chi connectivity index (χ0) is 30.4. The number of sulfonamides is 1. The summed E-state index contributed by atoms with van der Waals surface area (Å²) >= 11 is 3.43. The first kappa shape index (κ1) is 31.3. The number of halogens is 2. The van der Waals surface area contributed by atoms with Gasteiger partial charge in [0.2, 0.25) is 11.8 Å². The Hall–Kier alpha value is -3.64. The van der Waals surface area contributed by atoms with Crippen molar-refractivity contribution in [2.45, 2.75) is 38.3 Å². The second kappa shape index (κ2) is 13.6. The number of hydrogen-bond donors (Lipinski definition) is 1. The van der Waals surface area contributed by atoms with Gasteiger partial charge in [-0.25, -0.2) is 12.8 Å². The minimum absolute atomic E-state index is 0.0515. The van der Waals surface area contributed by atoms with Crippen molar-refractivity contribution in [3.05, 3.63) is 82.6 Å². The van der Waals surface area contributed by atoms with Gasteiger partial charge in [0.15, 0.2) is 11.5 Å². The normalized spacial score (nSPS) is 13.4. The fraction of sp³-hybridized carbons (Fsp3) is 0.333. The molecular weight excluding hydrogens is 629 g/mol. The van der Waals surface area contributed by atoms with E-state index >= 15 is 0 Å². The van der Waals surface area contributed by atoms with E-state index < -0.39 is 34.3 Å². The van der Waals surface area contributed by atoms with Crippen molar-refractivity contribution in [3.8, 4) is 11.5 Å². The summed E-state index contributed by atoms with van der Waals surface area (Å²) in [7, 11) is -4.36. The molecule has 12 heteroatoms. The van der Waals surface area contributed by atoms with E-state index in [1.807, 2.05) is 38.1 Å². The largest absolute Gasteiger partial charge is 0.486 e. The molecule has 0 saturated carbocycles. The van der Waals surface area contributed by atoms with E-state index in [0.29, 0.717) is 18.9 Å². The number of carbonyl (C=O) groups excluding carboxylic acids is 2. The Morgan fingerprint density at radius 1 is 0.976 bits per heavy atom. The molecule has 1 unspecified atom stereocenters. The maximum absolute atomic E-state index is 14.0. The lowest BCUT2D eigenvalue weighted by Gasteiger charge is -2.32. The van der Waals surface area contributed by atoms with E-state index in [2.05, 4.69) is 21.2 Å². The molecule has 4 rings (SSSR count). The Morgan fingerprint density at radius 3 is 2.33 bits per heavy atom. The van der Waals surface area contributed by atoms with Gasteiger partial charge in [0, 0.05) is 23.6 Å². The van der Waals surface area contributed by atoms with Gasteiger partial charge in [-0.05, 0) is 66.9 Å². The highest BCUT2D eigenvalue weighted by atomic mass is 79.9. The van der Waals surface area contributed by atoms with E-state index in [1.54, 1.807) is 6.92 Å². The standard InChI is InChI=1S/C30H33BrFN3O6S/c1-20(2)17-33-30(37)21(3)34(18-22-5-4-6-23(31)15-22)29(36)19-35(25-9-7-24(32)8-10-25)42(38,39)26-11-12-27-28(16-26)41-14-13-40-27/h4-12,15-16,20-21H,13-14,17-19H2,1-3H3,(H,33,37). The van der Waals surface area contributed by atoms with Gasteiger partial charge in [-0.2, -0.15) is 0 Å². The first-order chi connectivity index (χ1) is 20.0. The summed E-state index contributed by atoms with van der Waals surface area (Å²) in [5, 5.41) is 2.85. The van der Waals surface area contributed by atoms with Crippen molar-refractivity contribution < 1.29 is 31.9 Å². The van der Waals surface area contributed by atoms with Gasteiger partial charge in [-0.1, -0.05) is 41.9 Å². The second-order valence-corrected chi connectivity index (χ2v) is 13.0. The summed E-state index contributed by atoms with van der Waals surface area (Å²) in [4.78, 5) is 28.3. The van der Waals surface area contributed by atoms with Crippen molar-refractivity contribution in [1.29, 1.82) is 0 Å². The number of rotatable bonds is 11. The first-order valence-electron chi connectivity index (χ1n) is 13.5. The van der Waals surface area contributed by atoms with E-state index in [-0.39, 0.29) is 41.3 Å². The molecule has 1 atom stereocenters. The number of nitrogens with zero attached hydrogens (tertiary/aromatic N) is 2. The Kier molecular flexibility index (Phi) is 10.1. The average molecular weight is 663 g/mol. The monoisotopic (exact) mass is 661 g/mol. The molecule has 0 aliphatic carbocycles. The molecule has 9 nitrogen and oxygen atoms in total. The van der Waals surface area contributed by atoms with Crippen LogP contribution in [0.15, 0.2) is 76.1 Å². The number of hydrogen-bond acceptors (Lipinski definition) is 6. The van der Waals surface area contributed by atoms with E-state index in [9.17, 15) is 22.4 Å². The number of carbonyl (C=O) groups is 2. The lowest BCUT2D eigenvalue weighted by atomic mass is 10.1. The third-order valence-corrected chi connectivity index (χ3v) is 8.85. The van der Waals surface area contributed by atoms with Crippen LogP contribution in [-0.4, -0.2) is 57.5 Å². The van der Waals surface area contributed by atoms with Crippen molar-refractivity contribution >= 4 is 43.5 Å². The van der Waals surface area contributed by atoms with Crippen LogP contribution in [0, 0.1) is 11.7 Å². The van der Waals surface area contributed by atoms with Crippen LogP contribution in [0.5, 0.6) is 11.5 Å². The SMILES string of the molecule is CC(C)CNC(=O)C(C)N(Cc1cccc(Br)c1)C(=O)CN(c1ccc(F)cc1)S(=O)(=O)c1ccc2c(c1)OCCO2. The molecule has 0 fully saturated rings. The van der Waals surface area contributed by atoms with Crippen LogP contribution in [0.1, 0.15) is 26.3 Å². The maximum Gasteiger partial charge on any atom is 0.264 e. The summed E-state index contributed by atoms with van der Waals surface area (Å²) in [5.74, 6) is -0.679. The van der Waals surface area contributed by atoms with E-state index in [0.717, 1.165) is 26.5 Å². The molecule has 0 aromatic heterocycles. The highest BCUT2D eigenvalue weighted by Crippen LogP contribution is 2.34. The molecule has 3 aromatic rings. The maximum atomic E-state index is 14.0. The van der Waals surface area contributed by atoms with Crippen LogP contribution >= 0.6 is 15.9 Å². The summed E-state index contributed by atoms with van der Waals surface area (Å²) in [6.07, 6.45) is 0. The van der Waals surface area contributed by atoms with Gasteiger partial charge in [-0.3, -0.25) is 13.9 Å².